The molecule has 0 aliphatic heterocycles. The largest absolute Gasteiger partial charge is 0.365 e. The molecule has 0 amide bonds. The quantitative estimate of drug-likeness (QED) is 0.825. The minimum Gasteiger partial charge on any atom is -0.365 e. The van der Waals surface area contributed by atoms with Gasteiger partial charge in [-0.15, -0.1) is 0 Å². The van der Waals surface area contributed by atoms with Crippen LogP contribution in [0, 0.1) is 31.1 Å². The Morgan fingerprint density at radius 3 is 2.82 bits per heavy atom. The zero-order valence-corrected chi connectivity index (χ0v) is 10.3. The molecule has 0 radical (unpaired) electrons. The van der Waals surface area contributed by atoms with Crippen LogP contribution in [0.15, 0.2) is 6.07 Å². The highest BCUT2D eigenvalue weighted by Gasteiger charge is 2.30. The van der Waals surface area contributed by atoms with E-state index in [4.69, 9.17) is 11.0 Å². The van der Waals surface area contributed by atoms with Gasteiger partial charge in [-0.05, 0) is 44.2 Å². The summed E-state index contributed by atoms with van der Waals surface area (Å²) in [5.74, 6) is 1.33. The molecule has 0 aromatic carbocycles. The second-order valence-electron chi connectivity index (χ2n) is 4.74. The van der Waals surface area contributed by atoms with Crippen molar-refractivity contribution in [2.24, 2.45) is 11.7 Å². The van der Waals surface area contributed by atoms with Crippen LogP contribution in [0.4, 0.5) is 5.82 Å². The average molecular weight is 230 g/mol. The molecule has 1 aromatic heterocycles. The number of aromatic nitrogens is 1. The van der Waals surface area contributed by atoms with Crippen LogP contribution in [0.3, 0.4) is 0 Å². The Kier molecular flexibility index (Phi) is 3.30. The first kappa shape index (κ1) is 11.9. The van der Waals surface area contributed by atoms with E-state index in [9.17, 15) is 0 Å². The molecule has 1 aliphatic rings. The highest BCUT2D eigenvalue weighted by atomic mass is 15.0. The summed E-state index contributed by atoms with van der Waals surface area (Å²) in [6.07, 6.45) is 2.45. The van der Waals surface area contributed by atoms with Crippen LogP contribution in [-0.2, 0) is 0 Å². The molecule has 2 rings (SSSR count). The van der Waals surface area contributed by atoms with Gasteiger partial charge in [-0.1, -0.05) is 0 Å². The van der Waals surface area contributed by atoms with Gasteiger partial charge in [0.05, 0.1) is 5.56 Å². The van der Waals surface area contributed by atoms with Crippen LogP contribution < -0.4 is 11.1 Å². The van der Waals surface area contributed by atoms with E-state index >= 15 is 0 Å². The summed E-state index contributed by atoms with van der Waals surface area (Å²) in [6.45, 7) is 4.46. The van der Waals surface area contributed by atoms with Gasteiger partial charge in [0.25, 0.3) is 0 Å². The molecule has 1 aromatic rings. The van der Waals surface area contributed by atoms with E-state index < -0.39 is 0 Å². The Bertz CT molecular complexity index is 457. The fourth-order valence-corrected chi connectivity index (χ4v) is 2.13. The highest BCUT2D eigenvalue weighted by Crippen LogP contribution is 2.34. The Labute approximate surface area is 102 Å². The summed E-state index contributed by atoms with van der Waals surface area (Å²) < 4.78 is 0. The van der Waals surface area contributed by atoms with E-state index in [0.29, 0.717) is 23.8 Å². The molecule has 1 unspecified atom stereocenters. The van der Waals surface area contributed by atoms with E-state index in [1.165, 1.54) is 12.8 Å². The Balaban J connectivity index is 2.27. The number of anilines is 1. The number of aryl methyl sites for hydroxylation is 2. The Hall–Kier alpha value is -1.60. The summed E-state index contributed by atoms with van der Waals surface area (Å²) in [5.41, 5.74) is 8.28. The maximum absolute atomic E-state index is 9.17. The van der Waals surface area contributed by atoms with Gasteiger partial charge in [0, 0.05) is 18.3 Å². The zero-order valence-electron chi connectivity index (χ0n) is 10.3. The average Bonchev–Trinajstić information content (AvgIpc) is 3.09. The predicted octanol–water partition coefficient (Wildman–Crippen LogP) is 1.72. The van der Waals surface area contributed by atoms with Crippen LogP contribution in [0.1, 0.15) is 29.7 Å². The number of rotatable bonds is 4. The first-order chi connectivity index (χ1) is 8.15. The van der Waals surface area contributed by atoms with Gasteiger partial charge in [-0.2, -0.15) is 5.26 Å². The number of hydrogen-bond acceptors (Lipinski definition) is 4. The van der Waals surface area contributed by atoms with Crippen molar-refractivity contribution in [3.8, 4) is 6.07 Å². The summed E-state index contributed by atoms with van der Waals surface area (Å²) >= 11 is 0. The molecular weight excluding hydrogens is 212 g/mol. The standard InChI is InChI=1S/C13H18N4/c1-8-5-9(2)16-13(11(8)6-14)17-12(7-15)10-3-4-10/h5,10,12H,3-4,7,15H2,1-2H3,(H,16,17). The van der Waals surface area contributed by atoms with Crippen molar-refractivity contribution in [2.45, 2.75) is 32.7 Å². The van der Waals surface area contributed by atoms with Crippen LogP contribution in [0.25, 0.3) is 0 Å². The van der Waals surface area contributed by atoms with Crippen LogP contribution in [0.2, 0.25) is 0 Å². The fourth-order valence-electron chi connectivity index (χ4n) is 2.13. The first-order valence-corrected chi connectivity index (χ1v) is 6.00. The van der Waals surface area contributed by atoms with Gasteiger partial charge in [-0.3, -0.25) is 0 Å². The van der Waals surface area contributed by atoms with E-state index in [0.717, 1.165) is 11.3 Å². The van der Waals surface area contributed by atoms with Gasteiger partial charge in [0.2, 0.25) is 0 Å². The van der Waals surface area contributed by atoms with Crippen molar-refractivity contribution in [2.75, 3.05) is 11.9 Å². The van der Waals surface area contributed by atoms with Crippen LogP contribution in [0.5, 0.6) is 0 Å². The monoisotopic (exact) mass is 230 g/mol. The number of nitrogens with zero attached hydrogens (tertiary/aromatic N) is 2. The maximum Gasteiger partial charge on any atom is 0.144 e. The van der Waals surface area contributed by atoms with Crippen LogP contribution in [-0.4, -0.2) is 17.6 Å². The lowest BCUT2D eigenvalue weighted by Crippen LogP contribution is -2.31. The number of nitriles is 1. The summed E-state index contributed by atoms with van der Waals surface area (Å²) in [7, 11) is 0. The molecule has 4 nitrogen and oxygen atoms in total. The van der Waals surface area contributed by atoms with Crippen molar-refractivity contribution in [1.29, 1.82) is 5.26 Å². The molecule has 1 atom stereocenters. The van der Waals surface area contributed by atoms with Crippen molar-refractivity contribution >= 4 is 5.82 Å². The molecule has 1 aliphatic carbocycles. The lowest BCUT2D eigenvalue weighted by atomic mass is 10.1. The maximum atomic E-state index is 9.17. The molecule has 17 heavy (non-hydrogen) atoms. The number of pyridine rings is 1. The van der Waals surface area contributed by atoms with Crippen molar-refractivity contribution in [1.82, 2.24) is 4.98 Å². The number of nitrogens with two attached hydrogens (primary N) is 1. The molecule has 1 heterocycles. The molecule has 3 N–H and O–H groups in total. The smallest absolute Gasteiger partial charge is 0.144 e. The van der Waals surface area contributed by atoms with Crippen molar-refractivity contribution in [3.05, 3.63) is 22.9 Å². The molecule has 0 saturated heterocycles. The topological polar surface area (TPSA) is 74.7 Å². The fraction of sp³-hybridized carbons (Fsp3) is 0.538. The highest BCUT2D eigenvalue weighted by molar-refractivity contribution is 5.57. The molecule has 4 heteroatoms. The molecule has 1 saturated carbocycles. The van der Waals surface area contributed by atoms with Crippen molar-refractivity contribution in [3.63, 3.8) is 0 Å². The van der Waals surface area contributed by atoms with E-state index in [1.54, 1.807) is 0 Å². The lowest BCUT2D eigenvalue weighted by Gasteiger charge is -2.18. The summed E-state index contributed by atoms with van der Waals surface area (Å²) in [5, 5.41) is 12.5. The molecule has 0 bridgehead atoms. The summed E-state index contributed by atoms with van der Waals surface area (Å²) in [4.78, 5) is 4.41. The van der Waals surface area contributed by atoms with E-state index in [2.05, 4.69) is 16.4 Å². The minimum absolute atomic E-state index is 0.246. The molecule has 0 spiro atoms. The molecular formula is C13H18N4. The van der Waals surface area contributed by atoms with E-state index in [-0.39, 0.29) is 6.04 Å². The van der Waals surface area contributed by atoms with Gasteiger partial charge >= 0.3 is 0 Å². The van der Waals surface area contributed by atoms with Crippen LogP contribution >= 0.6 is 0 Å². The normalized spacial score (nSPS) is 16.4. The number of nitrogens with one attached hydrogen (secondary N) is 1. The lowest BCUT2D eigenvalue weighted by molar-refractivity contribution is 0.642. The summed E-state index contributed by atoms with van der Waals surface area (Å²) in [6, 6.07) is 4.39. The van der Waals surface area contributed by atoms with Gasteiger partial charge in [-0.25, -0.2) is 4.98 Å². The predicted molar refractivity (Wildman–Crippen MR) is 67.6 cm³/mol. The second kappa shape index (κ2) is 4.72. The van der Waals surface area contributed by atoms with Gasteiger partial charge in [0.1, 0.15) is 11.9 Å². The SMILES string of the molecule is Cc1cc(C)c(C#N)c(NC(CN)C2CC2)n1. The van der Waals surface area contributed by atoms with E-state index in [1.807, 2.05) is 19.9 Å². The van der Waals surface area contributed by atoms with Crippen molar-refractivity contribution < 1.29 is 0 Å². The number of hydrogen-bond donors (Lipinski definition) is 2. The minimum atomic E-state index is 0.246. The third-order valence-corrected chi connectivity index (χ3v) is 3.22. The molecule has 90 valence electrons. The van der Waals surface area contributed by atoms with Gasteiger partial charge in [0.15, 0.2) is 0 Å². The molecule has 1 fully saturated rings. The third kappa shape index (κ3) is 2.56. The first-order valence-electron chi connectivity index (χ1n) is 6.00. The zero-order chi connectivity index (χ0) is 12.4. The third-order valence-electron chi connectivity index (χ3n) is 3.22. The second-order valence-corrected chi connectivity index (χ2v) is 4.74. The Morgan fingerprint density at radius 2 is 2.29 bits per heavy atom. The Morgan fingerprint density at radius 1 is 1.59 bits per heavy atom. The van der Waals surface area contributed by atoms with Gasteiger partial charge < -0.3 is 11.1 Å².